The van der Waals surface area contributed by atoms with Gasteiger partial charge in [0.2, 0.25) is 0 Å². The van der Waals surface area contributed by atoms with Crippen molar-refractivity contribution in [1.82, 2.24) is 15.1 Å². The van der Waals surface area contributed by atoms with Crippen LogP contribution in [0.5, 0.6) is 0 Å². The number of thioether (sulfide) groups is 1. The minimum atomic E-state index is -0.562. The first-order valence-electron chi connectivity index (χ1n) is 10.4. The number of nitrogens with one attached hydrogen (secondary N) is 1. The molecule has 2 amide bonds. The molecule has 0 bridgehead atoms. The average molecular weight is 412 g/mol. The minimum absolute atomic E-state index is 0.0747. The molecule has 2 aromatic carbocycles. The number of rotatable bonds is 5. The Labute approximate surface area is 177 Å². The van der Waals surface area contributed by atoms with Crippen LogP contribution in [0.4, 0.5) is 4.79 Å². The summed E-state index contributed by atoms with van der Waals surface area (Å²) < 4.78 is 0. The van der Waals surface area contributed by atoms with Gasteiger partial charge >= 0.3 is 6.03 Å². The predicted octanol–water partition coefficient (Wildman–Crippen LogP) is 2.91. The number of amides is 2. The first-order valence-corrected chi connectivity index (χ1v) is 11.4. The van der Waals surface area contributed by atoms with Crippen LogP contribution in [0.15, 0.2) is 54.6 Å². The highest BCUT2D eigenvalue weighted by Gasteiger charge is 2.26. The Hall–Kier alpha value is -2.02. The van der Waals surface area contributed by atoms with Crippen molar-refractivity contribution >= 4 is 17.8 Å². The fourth-order valence-electron chi connectivity index (χ4n) is 4.09. The molecule has 2 atom stereocenters. The summed E-state index contributed by atoms with van der Waals surface area (Å²) in [5, 5.41) is 13.7. The van der Waals surface area contributed by atoms with E-state index in [9.17, 15) is 9.90 Å². The van der Waals surface area contributed by atoms with E-state index in [1.165, 1.54) is 16.7 Å². The number of carbonyl (C=O) groups excluding carboxylic acids is 1. The van der Waals surface area contributed by atoms with Crippen LogP contribution in [-0.2, 0) is 13.0 Å². The summed E-state index contributed by atoms with van der Waals surface area (Å²) in [6, 6.07) is 18.8. The fraction of sp³-hybridized carbons (Fsp3) is 0.435. The van der Waals surface area contributed by atoms with Crippen molar-refractivity contribution in [3.05, 3.63) is 71.3 Å². The largest absolute Gasteiger partial charge is 0.390 e. The van der Waals surface area contributed by atoms with Crippen molar-refractivity contribution in [2.45, 2.75) is 24.3 Å². The van der Waals surface area contributed by atoms with Gasteiger partial charge < -0.3 is 15.3 Å². The van der Waals surface area contributed by atoms with Gasteiger partial charge in [-0.05, 0) is 23.1 Å². The van der Waals surface area contributed by atoms with Crippen LogP contribution in [0.3, 0.4) is 0 Å². The van der Waals surface area contributed by atoms with Crippen LogP contribution in [0, 0.1) is 0 Å². The third kappa shape index (κ3) is 5.32. The van der Waals surface area contributed by atoms with Gasteiger partial charge in [0.15, 0.2) is 0 Å². The minimum Gasteiger partial charge on any atom is -0.390 e. The number of aliphatic hydroxyl groups is 1. The quantitative estimate of drug-likeness (QED) is 0.794. The lowest BCUT2D eigenvalue weighted by Gasteiger charge is -2.33. The monoisotopic (exact) mass is 411 g/mol. The number of benzene rings is 2. The second kappa shape index (κ2) is 9.65. The Morgan fingerprint density at radius 1 is 1.10 bits per heavy atom. The third-order valence-electron chi connectivity index (χ3n) is 5.69. The number of β-amino-alcohol motifs (C(OH)–C–C–N with tert-alkyl or cyclic N) is 1. The molecular weight excluding hydrogens is 382 g/mol. The van der Waals surface area contributed by atoms with Crippen molar-refractivity contribution in [3.63, 3.8) is 0 Å². The molecule has 2 heterocycles. The van der Waals surface area contributed by atoms with Gasteiger partial charge in [-0.15, -0.1) is 0 Å². The van der Waals surface area contributed by atoms with E-state index in [4.69, 9.17) is 0 Å². The van der Waals surface area contributed by atoms with Crippen LogP contribution in [0.2, 0.25) is 0 Å². The van der Waals surface area contributed by atoms with E-state index in [0.717, 1.165) is 31.8 Å². The highest BCUT2D eigenvalue weighted by Crippen LogP contribution is 2.32. The number of hydrogen-bond donors (Lipinski definition) is 2. The first-order chi connectivity index (χ1) is 14.2. The number of nitrogens with zero attached hydrogens (tertiary/aromatic N) is 2. The van der Waals surface area contributed by atoms with Gasteiger partial charge in [0.1, 0.15) is 0 Å². The normalized spacial score (nSPS) is 20.7. The van der Waals surface area contributed by atoms with Gasteiger partial charge in [-0.1, -0.05) is 54.6 Å². The van der Waals surface area contributed by atoms with Gasteiger partial charge in [-0.25, -0.2) is 4.79 Å². The SMILES string of the molecule is O=C(NC[C@H](O)CN1CCc2ccccc2C1)N1CCS[C@@H](c2ccccc2)C1. The highest BCUT2D eigenvalue weighted by molar-refractivity contribution is 7.99. The molecule has 6 heteroatoms. The lowest BCUT2D eigenvalue weighted by atomic mass is 10.00. The molecule has 2 aromatic rings. The molecule has 1 saturated heterocycles. The Morgan fingerprint density at radius 2 is 1.86 bits per heavy atom. The number of hydrogen-bond acceptors (Lipinski definition) is 4. The van der Waals surface area contributed by atoms with E-state index >= 15 is 0 Å². The van der Waals surface area contributed by atoms with E-state index in [1.54, 1.807) is 0 Å². The van der Waals surface area contributed by atoms with Crippen LogP contribution in [0.1, 0.15) is 21.9 Å². The van der Waals surface area contributed by atoms with Crippen molar-refractivity contribution in [3.8, 4) is 0 Å². The third-order valence-corrected chi connectivity index (χ3v) is 6.93. The van der Waals surface area contributed by atoms with Crippen LogP contribution in [-0.4, -0.2) is 65.5 Å². The first kappa shape index (κ1) is 20.3. The summed E-state index contributed by atoms with van der Waals surface area (Å²) in [6.45, 7) is 4.14. The molecule has 4 rings (SSSR count). The number of fused-ring (bicyclic) bond motifs is 1. The molecule has 0 spiro atoms. The van der Waals surface area contributed by atoms with Crippen molar-refractivity contribution < 1.29 is 9.90 Å². The zero-order chi connectivity index (χ0) is 20.1. The molecule has 0 aromatic heterocycles. The molecule has 0 unspecified atom stereocenters. The number of urea groups is 1. The Bertz CT molecular complexity index is 817. The van der Waals surface area contributed by atoms with E-state index < -0.39 is 6.10 Å². The molecular formula is C23H29N3O2S. The predicted molar refractivity (Wildman–Crippen MR) is 118 cm³/mol. The number of carbonyl (C=O) groups is 1. The van der Waals surface area contributed by atoms with Crippen LogP contribution in [0.25, 0.3) is 0 Å². The molecule has 1 fully saturated rings. The Morgan fingerprint density at radius 3 is 2.69 bits per heavy atom. The van der Waals surface area contributed by atoms with Gasteiger partial charge in [0, 0.05) is 50.3 Å². The molecule has 0 radical (unpaired) electrons. The molecule has 2 aliphatic rings. The summed E-state index contributed by atoms with van der Waals surface area (Å²) in [7, 11) is 0. The molecule has 2 N–H and O–H groups in total. The van der Waals surface area contributed by atoms with Crippen molar-refractivity contribution in [2.75, 3.05) is 38.5 Å². The summed E-state index contributed by atoms with van der Waals surface area (Å²) in [6.07, 6.45) is 0.454. The van der Waals surface area contributed by atoms with Crippen LogP contribution >= 0.6 is 11.8 Å². The summed E-state index contributed by atoms with van der Waals surface area (Å²) >= 11 is 1.90. The Kier molecular flexibility index (Phi) is 6.74. The van der Waals surface area contributed by atoms with Gasteiger partial charge in [0.25, 0.3) is 0 Å². The molecule has 154 valence electrons. The molecule has 2 aliphatic heterocycles. The fourth-order valence-corrected chi connectivity index (χ4v) is 5.34. The topological polar surface area (TPSA) is 55.8 Å². The summed E-state index contributed by atoms with van der Waals surface area (Å²) in [5.41, 5.74) is 4.01. The average Bonchev–Trinajstić information content (AvgIpc) is 2.78. The van der Waals surface area contributed by atoms with E-state index in [2.05, 4.69) is 46.6 Å². The van der Waals surface area contributed by atoms with Crippen LogP contribution < -0.4 is 5.32 Å². The van der Waals surface area contributed by atoms with E-state index in [0.29, 0.717) is 18.3 Å². The maximum absolute atomic E-state index is 12.6. The zero-order valence-electron chi connectivity index (χ0n) is 16.7. The maximum Gasteiger partial charge on any atom is 0.317 e. The van der Waals surface area contributed by atoms with Gasteiger partial charge in [0.05, 0.1) is 6.10 Å². The van der Waals surface area contributed by atoms with Crippen molar-refractivity contribution in [1.29, 1.82) is 0 Å². The smallest absolute Gasteiger partial charge is 0.317 e. The van der Waals surface area contributed by atoms with E-state index in [-0.39, 0.29) is 12.6 Å². The van der Waals surface area contributed by atoms with Gasteiger partial charge in [-0.3, -0.25) is 4.90 Å². The molecule has 0 saturated carbocycles. The summed E-state index contributed by atoms with van der Waals surface area (Å²) in [5.74, 6) is 0.933. The second-order valence-electron chi connectivity index (χ2n) is 7.81. The second-order valence-corrected chi connectivity index (χ2v) is 9.12. The molecule has 5 nitrogen and oxygen atoms in total. The zero-order valence-corrected chi connectivity index (χ0v) is 17.5. The molecule has 29 heavy (non-hydrogen) atoms. The highest BCUT2D eigenvalue weighted by atomic mass is 32.2. The van der Waals surface area contributed by atoms with E-state index in [1.807, 2.05) is 34.9 Å². The Balaban J connectivity index is 1.23. The summed E-state index contributed by atoms with van der Waals surface area (Å²) in [4.78, 5) is 16.8. The van der Waals surface area contributed by atoms with Crippen molar-refractivity contribution in [2.24, 2.45) is 0 Å². The standard InChI is InChI=1S/C23H29N3O2S/c27-21(16-25-11-10-18-6-4-5-9-20(18)15-25)14-24-23(28)26-12-13-29-22(17-26)19-7-2-1-3-8-19/h1-9,21-22,27H,10-17H2,(H,24,28)/t21-,22+/m0/s1. The lowest BCUT2D eigenvalue weighted by Crippen LogP contribution is -2.48. The lowest BCUT2D eigenvalue weighted by molar-refractivity contribution is 0.103. The maximum atomic E-state index is 12.6. The van der Waals surface area contributed by atoms with Gasteiger partial charge in [-0.2, -0.15) is 11.8 Å². The number of aliphatic hydroxyl groups excluding tert-OH is 1. The molecule has 0 aliphatic carbocycles.